The average molecular weight is 1700 g/mol. The van der Waals surface area contributed by atoms with Crippen LogP contribution >= 0.6 is 14.5 Å². The van der Waals surface area contributed by atoms with Crippen molar-refractivity contribution in [2.24, 2.45) is 46.3 Å². The Bertz CT molecular complexity index is 3190. The third kappa shape index (κ3) is 28.4. The number of likely N-dealkylation sites (tertiary alicyclic amines) is 2. The lowest BCUT2D eigenvalue weighted by atomic mass is 9.47. The van der Waals surface area contributed by atoms with Gasteiger partial charge in [0.05, 0.1) is 56.8 Å². The number of alkyl carbamates (subject to hydrolysis) is 1. The second kappa shape index (κ2) is 46.8. The summed E-state index contributed by atoms with van der Waals surface area (Å²) >= 11 is 5.06. The van der Waals surface area contributed by atoms with Crippen LogP contribution in [0.2, 0.25) is 0 Å². The van der Waals surface area contributed by atoms with Crippen molar-refractivity contribution < 1.29 is 131 Å². The van der Waals surface area contributed by atoms with Gasteiger partial charge in [0.25, 0.3) is 0 Å². The lowest BCUT2D eigenvalue weighted by Gasteiger charge is -2.58. The van der Waals surface area contributed by atoms with Crippen molar-refractivity contribution in [3.05, 3.63) is 11.6 Å². The van der Waals surface area contributed by atoms with Crippen molar-refractivity contribution in [2.75, 3.05) is 72.9 Å². The number of aliphatic hydroxyl groups is 9. The van der Waals surface area contributed by atoms with Crippen molar-refractivity contribution in [1.29, 1.82) is 0 Å². The van der Waals surface area contributed by atoms with E-state index in [4.69, 9.17) is 53.6 Å². The van der Waals surface area contributed by atoms with E-state index in [9.17, 15) is 89.1 Å². The second-order valence-electron chi connectivity index (χ2n) is 34.7. The molecule has 35 heteroatoms. The molecule has 662 valence electrons. The molecule has 25 atom stereocenters. The number of β-amino-alcohol motifs (C(OH)–C–C–N with tert-alkyl or cyclic N) is 1. The summed E-state index contributed by atoms with van der Waals surface area (Å²) in [6, 6.07) is -2.35. The highest BCUT2D eigenvalue weighted by atomic mass is 32.5. The smallest absolute Gasteiger partial charge is 0.446 e. The zero-order valence-electron chi connectivity index (χ0n) is 68.6. The minimum absolute atomic E-state index is 0.000504. The standard InChI is InChI=1S/C80H139N5O27P2S/c1-50(2)21-20-22-51(3)59-31-32-60-58-30-29-52-41-56(33-35-79(52,4)61(58)34-36-80(59,60)5)109-78(100)82-38-16-9-12-28-69(93)85-45-57(43-54(85)49-108-114(103,115)104-6)112-113(101,102)107-48-53-42-55(88)44-84(53)68(92)27-11-8-7-10-24-63(89)62(83-67(91)26-15-19-40-106-77-75(99)73(97)71(95)65(47-87)111-77)23-13-17-37-81-66(90)25-14-18-39-105-76-74(98)72(96)70(94)64(46-86)110-76/h29,50-51,53-62,64-65,70-77,86-88,94-99H,7-28,30-49H2,1-6H3,(H,81,90)(H,82,100)(H,83,91)(H,101,102)(H,103,115)/t51-,53+,54+,55-,56?,57-,58?,59-,60?,61?,62+,64?,65?,70?,71?,72?,73?,74?,75?,76?,77?,79+,80-,114?/m1/s1. The number of unbranched alkanes of at least 4 members (excludes halogenated alkanes) is 8. The van der Waals surface area contributed by atoms with Crippen LogP contribution in [-0.4, -0.2) is 272 Å². The Morgan fingerprint density at radius 3 is 1.81 bits per heavy atom. The molecule has 0 spiro atoms. The number of phosphoric ester groups is 1. The number of fused-ring (bicyclic) bond motifs is 5. The van der Waals surface area contributed by atoms with E-state index in [2.05, 4.69) is 56.6 Å². The van der Waals surface area contributed by atoms with Gasteiger partial charge >= 0.3 is 20.6 Å². The maximum absolute atomic E-state index is 13.9. The van der Waals surface area contributed by atoms with Crippen molar-refractivity contribution in [2.45, 2.75) is 338 Å². The maximum Gasteiger partial charge on any atom is 0.472 e. The molecule has 16 unspecified atom stereocenters. The minimum atomic E-state index is -4.86. The van der Waals surface area contributed by atoms with Crippen molar-refractivity contribution in [3.8, 4) is 0 Å². The van der Waals surface area contributed by atoms with Gasteiger partial charge in [-0.25, -0.2) is 9.36 Å². The van der Waals surface area contributed by atoms with Crippen molar-refractivity contribution in [3.63, 3.8) is 0 Å². The van der Waals surface area contributed by atoms with E-state index in [1.54, 1.807) is 0 Å². The van der Waals surface area contributed by atoms with Crippen molar-refractivity contribution >= 4 is 61.9 Å². The third-order valence-corrected chi connectivity index (χ3v) is 28.8. The van der Waals surface area contributed by atoms with Gasteiger partial charge in [-0.2, -0.15) is 0 Å². The topological polar surface area (TPSA) is 468 Å². The van der Waals surface area contributed by atoms with Crippen LogP contribution in [0, 0.1) is 46.3 Å². The molecule has 5 amide bonds. The second-order valence-corrected chi connectivity index (χ2v) is 39.0. The highest BCUT2D eigenvalue weighted by Gasteiger charge is 2.60. The maximum atomic E-state index is 13.9. The van der Waals surface area contributed by atoms with E-state index >= 15 is 0 Å². The number of hydrogen-bond acceptors (Lipinski definition) is 26. The summed E-state index contributed by atoms with van der Waals surface area (Å²) in [5.74, 6) is 3.04. The number of rotatable bonds is 49. The van der Waals surface area contributed by atoms with E-state index in [1.807, 2.05) is 0 Å². The van der Waals surface area contributed by atoms with Gasteiger partial charge in [-0.15, -0.1) is 0 Å². The summed E-state index contributed by atoms with van der Waals surface area (Å²) in [4.78, 5) is 105. The first kappa shape index (κ1) is 97.1. The molecule has 32 nitrogen and oxygen atoms in total. The number of phosphoric acid groups is 1. The number of aliphatic hydroxyl groups excluding tert-OH is 9. The predicted octanol–water partition coefficient (Wildman–Crippen LogP) is 6.28. The molecular formula is C80H139N5O27P2S. The number of amides is 5. The number of Topliss-reactive ketones (excluding diaryl/α,β-unsaturated/α-hetero) is 1. The first-order chi connectivity index (χ1) is 54.7. The average Bonchev–Trinajstić information content (AvgIpc) is 1.68. The van der Waals surface area contributed by atoms with Crippen LogP contribution in [0.4, 0.5) is 4.79 Å². The fourth-order valence-electron chi connectivity index (χ4n) is 19.5. The molecule has 8 aliphatic rings. The Hall–Kier alpha value is -3.32. The molecule has 4 heterocycles. The molecule has 0 aromatic carbocycles. The molecule has 14 N–H and O–H groups in total. The number of nitrogens with one attached hydrogen (secondary N) is 3. The van der Waals surface area contributed by atoms with Gasteiger partial charge in [0.15, 0.2) is 18.4 Å². The summed E-state index contributed by atoms with van der Waals surface area (Å²) in [6.45, 7) is 7.29. The molecule has 0 aromatic rings. The Labute approximate surface area is 684 Å². The molecule has 4 aliphatic heterocycles. The Balaban J connectivity index is 0.717. The first-order valence-corrected chi connectivity index (χ1v) is 46.8. The van der Waals surface area contributed by atoms with Crippen LogP contribution in [0.25, 0.3) is 0 Å². The Kier molecular flexibility index (Phi) is 39.5. The molecule has 3 saturated carbocycles. The lowest BCUT2D eigenvalue weighted by Crippen LogP contribution is -2.59. The molecule has 0 aromatic heterocycles. The molecule has 8 rings (SSSR count). The predicted molar refractivity (Wildman–Crippen MR) is 425 cm³/mol. The van der Waals surface area contributed by atoms with Gasteiger partial charge in [-0.05, 0) is 187 Å². The van der Waals surface area contributed by atoms with Gasteiger partial charge in [-0.1, -0.05) is 84.8 Å². The molecule has 115 heavy (non-hydrogen) atoms. The lowest BCUT2D eigenvalue weighted by molar-refractivity contribution is -0.301. The summed E-state index contributed by atoms with van der Waals surface area (Å²) in [6.07, 6.45) is 5.55. The highest BCUT2D eigenvalue weighted by Crippen LogP contribution is 2.67. The van der Waals surface area contributed by atoms with Crippen LogP contribution in [0.5, 0.6) is 0 Å². The SMILES string of the molecule is COP(O)(=S)OC[C@@H]1C[C@@H](OP(=O)(O)OC[C@@H]2C[C@@H](O)CN2C(=O)CCCCCCC(=O)[C@H](CCCCNC(=O)CCCCOC2OC(CO)C(O)C(O)C2O)NC(=O)CCCCOC2OC(CO)C(O)C(O)C2O)CN1C(=O)CCCCCNC(=O)OC1CC[C@@]2(C)C(=CCC3C2CC[C@@]2(C)C3CC[C@@H]2[C@H](C)CCCC(C)C)C1. The highest BCUT2D eigenvalue weighted by molar-refractivity contribution is 8.07. The van der Waals surface area contributed by atoms with Gasteiger partial charge in [0.2, 0.25) is 23.6 Å². The zero-order chi connectivity index (χ0) is 83.8. The molecule has 0 bridgehead atoms. The number of hydrogen-bond donors (Lipinski definition) is 14. The van der Waals surface area contributed by atoms with E-state index < -0.39 is 138 Å². The summed E-state index contributed by atoms with van der Waals surface area (Å²) in [5, 5.41) is 98.9. The van der Waals surface area contributed by atoms with Crippen LogP contribution in [0.15, 0.2) is 11.6 Å². The molecule has 4 aliphatic carbocycles. The third-order valence-electron chi connectivity index (χ3n) is 26.0. The van der Waals surface area contributed by atoms with Gasteiger partial charge in [0.1, 0.15) is 54.9 Å². The molecular weight excluding hydrogens is 1560 g/mol. The van der Waals surface area contributed by atoms with E-state index in [0.29, 0.717) is 101 Å². The number of ketones is 1. The van der Waals surface area contributed by atoms with Gasteiger partial charge in [0, 0.05) is 85.0 Å². The molecule has 7 fully saturated rings. The van der Waals surface area contributed by atoms with Crippen LogP contribution < -0.4 is 16.0 Å². The number of nitrogens with zero attached hydrogens (tertiary/aromatic N) is 2. The summed E-state index contributed by atoms with van der Waals surface area (Å²) < 4.78 is 63.1. The summed E-state index contributed by atoms with van der Waals surface area (Å²) in [5.41, 5.74) is 2.03. The number of carbonyl (C=O) groups excluding carboxylic acids is 6. The normalized spacial score (nSPS) is 33.6. The molecule has 4 saturated heterocycles. The fraction of sp³-hybridized carbons (Fsp3) is 0.900. The van der Waals surface area contributed by atoms with E-state index in [0.717, 1.165) is 55.3 Å². The van der Waals surface area contributed by atoms with Crippen LogP contribution in [0.1, 0.15) is 240 Å². The van der Waals surface area contributed by atoms with Gasteiger partial charge in [-0.3, -0.25) is 33.0 Å². The summed E-state index contributed by atoms with van der Waals surface area (Å²) in [7, 11) is -3.66. The fourth-order valence-corrected chi connectivity index (χ4v) is 21.1. The first-order valence-electron chi connectivity index (χ1n) is 42.7. The van der Waals surface area contributed by atoms with Crippen LogP contribution in [-0.2, 0) is 82.1 Å². The monoisotopic (exact) mass is 1700 g/mol. The Morgan fingerprint density at radius 1 is 0.609 bits per heavy atom. The largest absolute Gasteiger partial charge is 0.472 e. The number of ether oxygens (including phenoxy) is 5. The Morgan fingerprint density at radius 2 is 1.18 bits per heavy atom. The van der Waals surface area contributed by atoms with Gasteiger partial charge < -0.3 is 114 Å². The minimum Gasteiger partial charge on any atom is -0.446 e. The zero-order valence-corrected chi connectivity index (χ0v) is 71.2. The van der Waals surface area contributed by atoms with E-state index in [1.165, 1.54) is 67.4 Å². The molecule has 0 radical (unpaired) electrons. The van der Waals surface area contributed by atoms with Crippen LogP contribution in [0.3, 0.4) is 0 Å². The number of allylic oxidation sites excluding steroid dienone is 1. The van der Waals surface area contributed by atoms with E-state index in [-0.39, 0.29) is 126 Å². The number of carbonyl (C=O) groups is 6. The quantitative estimate of drug-likeness (QED) is 0.0181. The van der Waals surface area contributed by atoms with Crippen molar-refractivity contribution in [1.82, 2.24) is 25.8 Å².